The quantitative estimate of drug-likeness (QED) is 0.465. The van der Waals surface area contributed by atoms with Crippen LogP contribution in [-0.4, -0.2) is 19.9 Å². The first-order valence-corrected chi connectivity index (χ1v) is 5.01. The van der Waals surface area contributed by atoms with Crippen LogP contribution in [0.25, 0.3) is 11.3 Å². The van der Waals surface area contributed by atoms with Crippen molar-refractivity contribution in [3.63, 3.8) is 0 Å². The van der Waals surface area contributed by atoms with Crippen molar-refractivity contribution >= 4 is 17.3 Å². The predicted octanol–water partition coefficient (Wildman–Crippen LogP) is 1.97. The normalized spacial score (nSPS) is 9.78. The molecule has 0 aliphatic carbocycles. The van der Waals surface area contributed by atoms with Crippen LogP contribution >= 0.6 is 11.6 Å². The van der Waals surface area contributed by atoms with E-state index in [0.717, 1.165) is 6.33 Å². The maximum atomic E-state index is 10.9. The highest BCUT2D eigenvalue weighted by Gasteiger charge is 2.22. The molecule has 88 valence electrons. The molecule has 0 aliphatic heterocycles. The van der Waals surface area contributed by atoms with E-state index in [4.69, 9.17) is 16.9 Å². The summed E-state index contributed by atoms with van der Waals surface area (Å²) in [6.45, 7) is 0. The van der Waals surface area contributed by atoms with Gasteiger partial charge in [-0.1, -0.05) is 11.6 Å². The van der Waals surface area contributed by atoms with E-state index in [9.17, 15) is 10.1 Å². The number of nitro groups is 1. The van der Waals surface area contributed by atoms with Gasteiger partial charge in [0, 0.05) is 18.0 Å². The molecule has 0 aliphatic rings. The summed E-state index contributed by atoms with van der Waals surface area (Å²) in [5, 5.41) is 19.4. The third-order valence-electron chi connectivity index (χ3n) is 2.10. The Bertz CT molecular complexity index is 668. The predicted molar refractivity (Wildman–Crippen MR) is 61.6 cm³/mol. The number of hydrogen-bond acceptors (Lipinski definition) is 6. The summed E-state index contributed by atoms with van der Waals surface area (Å²) in [5.74, 6) is 0. The fourth-order valence-corrected chi connectivity index (χ4v) is 1.56. The van der Waals surface area contributed by atoms with Gasteiger partial charge in [-0.15, -0.1) is 0 Å². The summed E-state index contributed by atoms with van der Waals surface area (Å²) in [6, 6.07) is 3.33. The van der Waals surface area contributed by atoms with Crippen LogP contribution in [0.3, 0.4) is 0 Å². The van der Waals surface area contributed by atoms with Crippen molar-refractivity contribution in [3.05, 3.63) is 45.6 Å². The molecule has 18 heavy (non-hydrogen) atoms. The number of aromatic nitrogens is 3. The summed E-state index contributed by atoms with van der Waals surface area (Å²) in [4.78, 5) is 21.4. The van der Waals surface area contributed by atoms with Gasteiger partial charge in [0.25, 0.3) is 0 Å². The lowest BCUT2D eigenvalue weighted by Crippen LogP contribution is -1.98. The van der Waals surface area contributed by atoms with Crippen molar-refractivity contribution in [2.45, 2.75) is 0 Å². The monoisotopic (exact) mass is 261 g/mol. The van der Waals surface area contributed by atoms with E-state index in [2.05, 4.69) is 15.0 Å². The van der Waals surface area contributed by atoms with E-state index in [0.29, 0.717) is 5.56 Å². The molecule has 0 N–H and O–H groups in total. The molecule has 8 heteroatoms. The number of nitriles is 1. The van der Waals surface area contributed by atoms with Crippen molar-refractivity contribution in [3.8, 4) is 17.3 Å². The fourth-order valence-electron chi connectivity index (χ4n) is 1.36. The molecule has 0 radical (unpaired) electrons. The van der Waals surface area contributed by atoms with Gasteiger partial charge in [0.15, 0.2) is 5.69 Å². The second kappa shape index (κ2) is 4.73. The number of pyridine rings is 1. The van der Waals surface area contributed by atoms with E-state index in [1.54, 1.807) is 0 Å². The summed E-state index contributed by atoms with van der Waals surface area (Å²) in [7, 11) is 0. The van der Waals surface area contributed by atoms with Crippen LogP contribution in [0.4, 0.5) is 5.69 Å². The van der Waals surface area contributed by atoms with Crippen molar-refractivity contribution in [1.82, 2.24) is 15.0 Å². The maximum Gasteiger partial charge on any atom is 0.332 e. The van der Waals surface area contributed by atoms with Gasteiger partial charge < -0.3 is 0 Å². The highest BCUT2D eigenvalue weighted by Crippen LogP contribution is 2.32. The summed E-state index contributed by atoms with van der Waals surface area (Å²) in [6.07, 6.45) is 3.83. The van der Waals surface area contributed by atoms with E-state index >= 15 is 0 Å². The molecule has 0 spiro atoms. The molecule has 0 atom stereocenters. The van der Waals surface area contributed by atoms with Crippen molar-refractivity contribution in [2.24, 2.45) is 0 Å². The minimum absolute atomic E-state index is 0.0320. The van der Waals surface area contributed by atoms with Crippen LogP contribution in [0.1, 0.15) is 5.56 Å². The standard InChI is InChI=1S/C10H4ClN5O2/c11-10-9(16(17)18)8(14-5-15-10)7-1-6(2-12)3-13-4-7/h1,3-5H. The zero-order valence-corrected chi connectivity index (χ0v) is 9.50. The summed E-state index contributed by atoms with van der Waals surface area (Å²) < 4.78 is 0. The highest BCUT2D eigenvalue weighted by molar-refractivity contribution is 6.31. The van der Waals surface area contributed by atoms with Crippen molar-refractivity contribution in [1.29, 1.82) is 5.26 Å². The molecule has 0 saturated carbocycles. The molecule has 0 saturated heterocycles. The van der Waals surface area contributed by atoms with E-state index < -0.39 is 10.6 Å². The highest BCUT2D eigenvalue weighted by atomic mass is 35.5. The van der Waals surface area contributed by atoms with Crippen LogP contribution in [0, 0.1) is 21.4 Å². The molecule has 2 rings (SSSR count). The first kappa shape index (κ1) is 11.9. The molecular formula is C10H4ClN5O2. The van der Waals surface area contributed by atoms with Gasteiger partial charge in [0.2, 0.25) is 5.15 Å². The molecule has 2 aromatic rings. The van der Waals surface area contributed by atoms with Crippen molar-refractivity contribution < 1.29 is 4.92 Å². The molecule has 0 fully saturated rings. The molecule has 0 unspecified atom stereocenters. The Kier molecular flexibility index (Phi) is 3.12. The Morgan fingerprint density at radius 3 is 2.83 bits per heavy atom. The minimum atomic E-state index is -0.670. The number of rotatable bonds is 2. The number of nitrogens with zero attached hydrogens (tertiary/aromatic N) is 5. The molecular weight excluding hydrogens is 258 g/mol. The first-order valence-electron chi connectivity index (χ1n) is 4.64. The average molecular weight is 262 g/mol. The second-order valence-electron chi connectivity index (χ2n) is 3.19. The Balaban J connectivity index is 2.68. The summed E-state index contributed by atoms with van der Waals surface area (Å²) in [5.41, 5.74) is 0.238. The summed E-state index contributed by atoms with van der Waals surface area (Å²) >= 11 is 5.67. The molecule has 0 bridgehead atoms. The zero-order chi connectivity index (χ0) is 13.1. The Hall–Kier alpha value is -2.59. The Morgan fingerprint density at radius 1 is 1.39 bits per heavy atom. The van der Waals surface area contributed by atoms with Gasteiger partial charge >= 0.3 is 5.69 Å². The fraction of sp³-hybridized carbons (Fsp3) is 0. The lowest BCUT2D eigenvalue weighted by Gasteiger charge is -2.02. The number of halogens is 1. The third-order valence-corrected chi connectivity index (χ3v) is 2.38. The third kappa shape index (κ3) is 2.09. The largest absolute Gasteiger partial charge is 0.332 e. The van der Waals surface area contributed by atoms with Crippen LogP contribution in [-0.2, 0) is 0 Å². The lowest BCUT2D eigenvalue weighted by molar-refractivity contribution is -0.384. The maximum absolute atomic E-state index is 10.9. The van der Waals surface area contributed by atoms with Crippen LogP contribution < -0.4 is 0 Å². The molecule has 2 aromatic heterocycles. The number of hydrogen-bond donors (Lipinski definition) is 0. The van der Waals surface area contributed by atoms with Gasteiger partial charge in [-0.2, -0.15) is 5.26 Å². The first-order chi connectivity index (χ1) is 8.63. The molecule has 2 heterocycles. The van der Waals surface area contributed by atoms with Gasteiger partial charge in [0.1, 0.15) is 12.4 Å². The molecule has 7 nitrogen and oxygen atoms in total. The van der Waals surface area contributed by atoms with E-state index in [1.807, 2.05) is 6.07 Å². The van der Waals surface area contributed by atoms with E-state index in [-0.39, 0.29) is 16.4 Å². The minimum Gasteiger partial charge on any atom is -0.263 e. The topological polar surface area (TPSA) is 106 Å². The molecule has 0 aromatic carbocycles. The average Bonchev–Trinajstić information content (AvgIpc) is 2.38. The zero-order valence-electron chi connectivity index (χ0n) is 8.74. The van der Waals surface area contributed by atoms with Gasteiger partial charge in [-0.25, -0.2) is 9.97 Å². The van der Waals surface area contributed by atoms with Crippen LogP contribution in [0.5, 0.6) is 0 Å². The Morgan fingerprint density at radius 2 is 2.17 bits per heavy atom. The van der Waals surface area contributed by atoms with Gasteiger partial charge in [0.05, 0.1) is 10.5 Å². The van der Waals surface area contributed by atoms with Crippen LogP contribution in [0.15, 0.2) is 24.8 Å². The SMILES string of the molecule is N#Cc1cncc(-c2ncnc(Cl)c2[N+](=O)[O-])c1. The van der Waals surface area contributed by atoms with Crippen molar-refractivity contribution in [2.75, 3.05) is 0 Å². The van der Waals surface area contributed by atoms with E-state index in [1.165, 1.54) is 18.5 Å². The van der Waals surface area contributed by atoms with Crippen LogP contribution in [0.2, 0.25) is 5.15 Å². The second-order valence-corrected chi connectivity index (χ2v) is 3.55. The van der Waals surface area contributed by atoms with Gasteiger partial charge in [-0.05, 0) is 6.07 Å². The lowest BCUT2D eigenvalue weighted by atomic mass is 10.1. The molecule has 0 amide bonds. The Labute approximate surface area is 106 Å². The van der Waals surface area contributed by atoms with Gasteiger partial charge in [-0.3, -0.25) is 15.1 Å². The smallest absolute Gasteiger partial charge is 0.263 e.